The Morgan fingerprint density at radius 1 is 0.839 bits per heavy atom. The highest BCUT2D eigenvalue weighted by Crippen LogP contribution is 2.49. The molecule has 0 spiro atoms. The van der Waals surface area contributed by atoms with Gasteiger partial charge in [0.2, 0.25) is 11.4 Å². The Hall–Kier alpha value is -3.39. The predicted molar refractivity (Wildman–Crippen MR) is 114 cm³/mol. The van der Waals surface area contributed by atoms with Gasteiger partial charge in [0, 0.05) is 29.5 Å². The quantitative estimate of drug-likeness (QED) is 0.583. The number of aromatic nitrogens is 1. The number of fused-ring (bicyclic) bond motifs is 4. The summed E-state index contributed by atoms with van der Waals surface area (Å²) in [7, 11) is 7.74. The SMILES string of the molecule is COc1cc2c(OC)[n+]3c(cc2c(CO)c1OC)-c1c(cc(O)c(OC)c1OC)CC3. The summed E-state index contributed by atoms with van der Waals surface area (Å²) < 4.78 is 30.0. The first-order chi connectivity index (χ1) is 15.0. The minimum Gasteiger partial charge on any atom is -0.504 e. The summed E-state index contributed by atoms with van der Waals surface area (Å²) in [5, 5.41) is 22.2. The number of ether oxygens (including phenoxy) is 5. The average molecular weight is 428 g/mol. The number of aryl methyl sites for hydroxylation is 1. The third kappa shape index (κ3) is 2.97. The molecule has 0 fully saturated rings. The summed E-state index contributed by atoms with van der Waals surface area (Å²) >= 11 is 0. The molecule has 1 aliphatic heterocycles. The standard InChI is InChI=1S/C23H25NO7/c1-27-18-10-14-13(15(11-25)20(18)28-2)9-16-19-12(6-7-24(16)23(14)31-5)8-17(26)21(29-3)22(19)30-4/h8-10,25H,6-7,11H2,1-5H3/p+1. The lowest BCUT2D eigenvalue weighted by atomic mass is 9.92. The number of rotatable bonds is 6. The number of nitrogens with zero attached hydrogens (tertiary/aromatic N) is 1. The van der Waals surface area contributed by atoms with Gasteiger partial charge in [-0.25, -0.2) is 0 Å². The van der Waals surface area contributed by atoms with Crippen molar-refractivity contribution in [3.05, 3.63) is 29.3 Å². The van der Waals surface area contributed by atoms with Gasteiger partial charge in [0.25, 0.3) is 0 Å². The van der Waals surface area contributed by atoms with Gasteiger partial charge in [-0.3, -0.25) is 0 Å². The van der Waals surface area contributed by atoms with E-state index in [1.165, 1.54) is 7.11 Å². The van der Waals surface area contributed by atoms with E-state index in [9.17, 15) is 10.2 Å². The van der Waals surface area contributed by atoms with E-state index >= 15 is 0 Å². The van der Waals surface area contributed by atoms with Crippen LogP contribution < -0.4 is 28.3 Å². The largest absolute Gasteiger partial charge is 0.504 e. The first-order valence-electron chi connectivity index (χ1n) is 9.80. The van der Waals surface area contributed by atoms with Gasteiger partial charge in [-0.1, -0.05) is 0 Å². The molecule has 1 aromatic heterocycles. The van der Waals surface area contributed by atoms with Crippen LogP contribution in [-0.2, 0) is 19.6 Å². The van der Waals surface area contributed by atoms with Crippen molar-refractivity contribution in [3.63, 3.8) is 0 Å². The molecule has 0 unspecified atom stereocenters. The molecule has 2 aromatic carbocycles. The molecule has 4 rings (SSSR count). The molecule has 0 amide bonds. The minimum absolute atomic E-state index is 0.0294. The summed E-state index contributed by atoms with van der Waals surface area (Å²) in [6, 6.07) is 5.53. The number of aliphatic hydroxyl groups is 1. The van der Waals surface area contributed by atoms with Crippen molar-refractivity contribution >= 4 is 10.8 Å². The number of aromatic hydroxyl groups is 1. The van der Waals surface area contributed by atoms with Gasteiger partial charge in [-0.15, -0.1) is 0 Å². The van der Waals surface area contributed by atoms with Crippen LogP contribution in [0.2, 0.25) is 0 Å². The van der Waals surface area contributed by atoms with Crippen LogP contribution in [0.4, 0.5) is 0 Å². The molecule has 2 N–H and O–H groups in total. The smallest absolute Gasteiger partial charge is 0.376 e. The third-order valence-corrected chi connectivity index (χ3v) is 5.78. The van der Waals surface area contributed by atoms with Crippen molar-refractivity contribution in [2.45, 2.75) is 19.6 Å². The molecule has 0 saturated carbocycles. The van der Waals surface area contributed by atoms with Crippen molar-refractivity contribution in [3.8, 4) is 45.9 Å². The van der Waals surface area contributed by atoms with E-state index in [0.29, 0.717) is 41.7 Å². The molecule has 1 aliphatic rings. The van der Waals surface area contributed by atoms with E-state index in [2.05, 4.69) is 4.57 Å². The van der Waals surface area contributed by atoms with E-state index in [-0.39, 0.29) is 18.1 Å². The zero-order chi connectivity index (χ0) is 22.3. The minimum atomic E-state index is -0.244. The lowest BCUT2D eigenvalue weighted by Gasteiger charge is -2.23. The van der Waals surface area contributed by atoms with Gasteiger partial charge >= 0.3 is 5.88 Å². The topological polar surface area (TPSA) is 90.5 Å². The molecule has 31 heavy (non-hydrogen) atoms. The number of methoxy groups -OCH3 is 5. The maximum Gasteiger partial charge on any atom is 0.376 e. The molecule has 0 atom stereocenters. The van der Waals surface area contributed by atoms with Crippen LogP contribution in [0.5, 0.6) is 34.6 Å². The zero-order valence-electron chi connectivity index (χ0n) is 18.2. The molecule has 0 aliphatic carbocycles. The van der Waals surface area contributed by atoms with Crippen molar-refractivity contribution in [2.24, 2.45) is 0 Å². The highest BCUT2D eigenvalue weighted by atomic mass is 16.5. The van der Waals surface area contributed by atoms with E-state index in [0.717, 1.165) is 27.6 Å². The van der Waals surface area contributed by atoms with Gasteiger partial charge in [0.05, 0.1) is 53.1 Å². The molecule has 8 heteroatoms. The molecule has 3 aromatic rings. The van der Waals surface area contributed by atoms with Gasteiger partial charge in [0.15, 0.2) is 29.5 Å². The van der Waals surface area contributed by atoms with E-state index in [1.807, 2.05) is 12.1 Å². The molecular weight excluding hydrogens is 402 g/mol. The van der Waals surface area contributed by atoms with E-state index in [1.54, 1.807) is 34.5 Å². The first kappa shape index (κ1) is 20.9. The highest BCUT2D eigenvalue weighted by molar-refractivity contribution is 5.95. The van der Waals surface area contributed by atoms with Crippen LogP contribution in [0, 0.1) is 0 Å². The summed E-state index contributed by atoms with van der Waals surface area (Å²) in [5.41, 5.74) is 3.16. The van der Waals surface area contributed by atoms with Gasteiger partial charge in [-0.05, 0) is 11.6 Å². The van der Waals surface area contributed by atoms with Crippen molar-refractivity contribution in [2.75, 3.05) is 35.5 Å². The second-order valence-corrected chi connectivity index (χ2v) is 7.15. The second kappa shape index (κ2) is 8.03. The van der Waals surface area contributed by atoms with Gasteiger partial charge in [-0.2, -0.15) is 4.57 Å². The number of hydrogen-bond donors (Lipinski definition) is 2. The summed E-state index contributed by atoms with van der Waals surface area (Å²) in [6.07, 6.45) is 0.670. The average Bonchev–Trinajstić information content (AvgIpc) is 2.79. The van der Waals surface area contributed by atoms with Gasteiger partial charge in [0.1, 0.15) is 0 Å². The van der Waals surface area contributed by atoms with Gasteiger partial charge < -0.3 is 33.9 Å². The number of phenolic OH excluding ortho intramolecular Hbond substituents is 1. The molecule has 8 nitrogen and oxygen atoms in total. The van der Waals surface area contributed by atoms with Crippen LogP contribution in [0.25, 0.3) is 22.0 Å². The molecule has 164 valence electrons. The number of hydrogen-bond acceptors (Lipinski definition) is 7. The Morgan fingerprint density at radius 3 is 2.13 bits per heavy atom. The fraction of sp³-hybridized carbons (Fsp3) is 0.348. The lowest BCUT2D eigenvalue weighted by molar-refractivity contribution is -0.691. The van der Waals surface area contributed by atoms with Crippen molar-refractivity contribution in [1.82, 2.24) is 0 Å². The lowest BCUT2D eigenvalue weighted by Crippen LogP contribution is -2.42. The maximum absolute atomic E-state index is 10.4. The Bertz CT molecular complexity index is 1170. The Balaban J connectivity index is 2.17. The predicted octanol–water partition coefficient (Wildman–Crippen LogP) is 2.59. The van der Waals surface area contributed by atoms with Crippen molar-refractivity contribution in [1.29, 1.82) is 0 Å². The second-order valence-electron chi connectivity index (χ2n) is 7.15. The van der Waals surface area contributed by atoms with Crippen LogP contribution in [0.1, 0.15) is 11.1 Å². The number of phenols is 1. The molecule has 0 saturated heterocycles. The molecule has 2 heterocycles. The van der Waals surface area contributed by atoms with Crippen LogP contribution in [-0.4, -0.2) is 45.8 Å². The van der Waals surface area contributed by atoms with Crippen LogP contribution >= 0.6 is 0 Å². The fourth-order valence-corrected chi connectivity index (χ4v) is 4.48. The number of aliphatic hydroxyl groups excluding tert-OH is 1. The fourth-order valence-electron chi connectivity index (χ4n) is 4.48. The number of pyridine rings is 1. The molecule has 0 radical (unpaired) electrons. The van der Waals surface area contributed by atoms with Crippen molar-refractivity contribution < 1.29 is 38.5 Å². The maximum atomic E-state index is 10.4. The summed E-state index contributed by atoms with van der Waals surface area (Å²) in [5.74, 6) is 2.35. The third-order valence-electron chi connectivity index (χ3n) is 5.78. The van der Waals surface area contributed by atoms with Crippen LogP contribution in [0.15, 0.2) is 18.2 Å². The monoisotopic (exact) mass is 428 g/mol. The summed E-state index contributed by atoms with van der Waals surface area (Å²) in [6.45, 7) is 0.394. The zero-order valence-corrected chi connectivity index (χ0v) is 18.2. The van der Waals surface area contributed by atoms with E-state index in [4.69, 9.17) is 23.7 Å². The van der Waals surface area contributed by atoms with Crippen LogP contribution in [0.3, 0.4) is 0 Å². The van der Waals surface area contributed by atoms with E-state index < -0.39 is 0 Å². The normalized spacial score (nSPS) is 12.2. The Labute approximate surface area is 180 Å². The Morgan fingerprint density at radius 2 is 1.55 bits per heavy atom. The number of benzene rings is 2. The molecule has 0 bridgehead atoms. The highest BCUT2D eigenvalue weighted by Gasteiger charge is 2.35. The Kier molecular flexibility index (Phi) is 5.41. The first-order valence-corrected chi connectivity index (χ1v) is 9.80. The summed E-state index contributed by atoms with van der Waals surface area (Å²) in [4.78, 5) is 0. The molecular formula is C23H26NO7+.